The molecule has 2 aliphatic heterocycles. The summed E-state index contributed by atoms with van der Waals surface area (Å²) >= 11 is 12.5. The molecular weight excluding hydrogens is 728 g/mol. The molecular formula is C36H29Cl2F3N4O7. The second-order valence-corrected chi connectivity index (χ2v) is 13.8. The summed E-state index contributed by atoms with van der Waals surface area (Å²) in [5.41, 5.74) is 1.31. The number of amides is 4. The number of fused-ring (bicyclic) bond motifs is 4. The molecule has 3 N–H and O–H groups in total. The number of carbonyl (C=O) groups excluding carboxylic acids is 4. The van der Waals surface area contributed by atoms with Gasteiger partial charge >= 0.3 is 6.18 Å². The number of benzene rings is 2. The van der Waals surface area contributed by atoms with Crippen molar-refractivity contribution < 1.29 is 46.9 Å². The van der Waals surface area contributed by atoms with Crippen LogP contribution in [0.3, 0.4) is 0 Å². The molecule has 270 valence electrons. The molecule has 3 fully saturated rings. The van der Waals surface area contributed by atoms with Crippen molar-refractivity contribution in [1.82, 2.24) is 15.3 Å². The molecule has 7 rings (SSSR count). The van der Waals surface area contributed by atoms with E-state index >= 15 is 4.79 Å². The Labute approximate surface area is 304 Å². The van der Waals surface area contributed by atoms with Crippen molar-refractivity contribution in [3.05, 3.63) is 93.1 Å². The molecule has 2 aliphatic carbocycles. The number of methoxy groups -OCH3 is 2. The topological polar surface area (TPSA) is 147 Å². The number of aromatic hydroxyl groups is 1. The van der Waals surface area contributed by atoms with E-state index in [2.05, 4.69) is 15.7 Å². The summed E-state index contributed by atoms with van der Waals surface area (Å²) < 4.78 is 50.8. The number of pyridine rings is 1. The van der Waals surface area contributed by atoms with E-state index in [1.807, 2.05) is 6.08 Å². The highest BCUT2D eigenvalue weighted by molar-refractivity contribution is 6.33. The van der Waals surface area contributed by atoms with Gasteiger partial charge in [-0.05, 0) is 60.2 Å². The van der Waals surface area contributed by atoms with Crippen molar-refractivity contribution in [2.45, 2.75) is 24.4 Å². The van der Waals surface area contributed by atoms with Crippen LogP contribution in [0.2, 0.25) is 10.0 Å². The van der Waals surface area contributed by atoms with Crippen LogP contribution in [0.4, 0.5) is 19.0 Å². The van der Waals surface area contributed by atoms with E-state index in [4.69, 9.17) is 32.7 Å². The van der Waals surface area contributed by atoms with Crippen LogP contribution >= 0.6 is 23.2 Å². The molecule has 1 saturated carbocycles. The van der Waals surface area contributed by atoms with Crippen LogP contribution in [0.1, 0.15) is 29.5 Å². The number of hydrogen-bond acceptors (Lipinski definition) is 9. The minimum absolute atomic E-state index is 0.0154. The summed E-state index contributed by atoms with van der Waals surface area (Å²) in [7, 11) is 2.74. The number of nitrogens with one attached hydrogen (secondary N) is 2. The monoisotopic (exact) mass is 756 g/mol. The third kappa shape index (κ3) is 5.46. The third-order valence-corrected chi connectivity index (χ3v) is 11.0. The smallest absolute Gasteiger partial charge is 0.417 e. The first-order chi connectivity index (χ1) is 24.7. The van der Waals surface area contributed by atoms with Crippen LogP contribution in [-0.2, 0) is 30.8 Å². The van der Waals surface area contributed by atoms with Gasteiger partial charge in [0.25, 0.3) is 11.8 Å². The summed E-state index contributed by atoms with van der Waals surface area (Å²) in [6, 6.07) is 10.1. The molecule has 0 spiro atoms. The lowest BCUT2D eigenvalue weighted by Gasteiger charge is -2.49. The average molecular weight is 758 g/mol. The van der Waals surface area contributed by atoms with Gasteiger partial charge in [0, 0.05) is 17.1 Å². The van der Waals surface area contributed by atoms with Gasteiger partial charge in [-0.25, -0.2) is 4.98 Å². The zero-order valence-corrected chi connectivity index (χ0v) is 28.8. The van der Waals surface area contributed by atoms with Crippen molar-refractivity contribution in [1.29, 1.82) is 0 Å². The molecule has 2 aromatic carbocycles. The van der Waals surface area contributed by atoms with Crippen LogP contribution < -0.4 is 20.2 Å². The Morgan fingerprint density at radius 2 is 1.69 bits per heavy atom. The van der Waals surface area contributed by atoms with Crippen molar-refractivity contribution >= 4 is 58.7 Å². The first-order valence-corrected chi connectivity index (χ1v) is 16.8. The molecule has 1 aromatic heterocycles. The number of phenols is 1. The third-order valence-electron chi connectivity index (χ3n) is 10.4. The average Bonchev–Trinajstić information content (AvgIpc) is 3.52. The number of ether oxygens (including phenoxy) is 2. The molecule has 0 unspecified atom stereocenters. The number of hydrazine groups is 1. The second-order valence-electron chi connectivity index (χ2n) is 12.9. The normalized spacial score (nSPS) is 26.9. The molecule has 0 bridgehead atoms. The summed E-state index contributed by atoms with van der Waals surface area (Å²) in [4.78, 5) is 59.5. The Hall–Kier alpha value is -5.08. The van der Waals surface area contributed by atoms with E-state index in [9.17, 15) is 32.7 Å². The highest BCUT2D eigenvalue weighted by Crippen LogP contribution is 2.61. The van der Waals surface area contributed by atoms with Gasteiger partial charge in [-0.1, -0.05) is 59.1 Å². The summed E-state index contributed by atoms with van der Waals surface area (Å²) in [6.45, 7) is 0. The number of phenolic OH excluding ortho intramolecular Hbond substituents is 1. The van der Waals surface area contributed by atoms with E-state index in [0.717, 1.165) is 0 Å². The molecule has 52 heavy (non-hydrogen) atoms. The molecule has 0 radical (unpaired) electrons. The number of halogens is 5. The number of nitrogens with zero attached hydrogens (tertiary/aromatic N) is 2. The zero-order valence-electron chi connectivity index (χ0n) is 27.3. The van der Waals surface area contributed by atoms with Crippen LogP contribution in [0.5, 0.6) is 17.2 Å². The van der Waals surface area contributed by atoms with Gasteiger partial charge in [0.1, 0.15) is 0 Å². The Kier molecular flexibility index (Phi) is 8.73. The molecule has 16 heteroatoms. The quantitative estimate of drug-likeness (QED) is 0.197. The highest BCUT2D eigenvalue weighted by Gasteiger charge is 2.69. The van der Waals surface area contributed by atoms with Crippen molar-refractivity contribution in [2.24, 2.45) is 29.6 Å². The molecule has 11 nitrogen and oxygen atoms in total. The van der Waals surface area contributed by atoms with E-state index in [1.165, 1.54) is 14.2 Å². The van der Waals surface area contributed by atoms with Crippen molar-refractivity contribution in [3.8, 4) is 17.2 Å². The number of hydrogen-bond donors (Lipinski definition) is 3. The summed E-state index contributed by atoms with van der Waals surface area (Å²) in [6.07, 6.45) is 1.20. The molecule has 3 heterocycles. The lowest BCUT2D eigenvalue weighted by molar-refractivity contribution is -0.139. The first kappa shape index (κ1) is 35.3. The van der Waals surface area contributed by atoms with Crippen molar-refractivity contribution in [2.75, 3.05) is 19.6 Å². The molecule has 2 saturated heterocycles. The standard InChI is InChI=1S/C36H29Cl2F3N4O7/c1-51-26-11-16(12-27(52-2)29(26)46)3-10-23-20-8-9-21-28(32(48)43-31(21)47)22(20)14-24-33(49)45(34(50)35(23,24)17-4-6-19(37)7-5-17)44-30-25(38)13-18(15-42-30)36(39,40)41/h3-8,10-13,15,21-24,28,46H,9,14H2,1-2H3,(H,42,44)(H,43,47,48)/t21-,22+,23-,24-,28-,35-/m0/s1. The maximum atomic E-state index is 15.1. The molecule has 4 amide bonds. The van der Waals surface area contributed by atoms with Gasteiger partial charge in [0.2, 0.25) is 17.6 Å². The van der Waals surface area contributed by atoms with Crippen LogP contribution in [0, 0.1) is 29.6 Å². The minimum atomic E-state index is -4.75. The van der Waals surface area contributed by atoms with E-state index in [-0.39, 0.29) is 35.9 Å². The van der Waals surface area contributed by atoms with Gasteiger partial charge in [-0.2, -0.15) is 18.2 Å². The number of carbonyl (C=O) groups is 4. The van der Waals surface area contributed by atoms with Crippen LogP contribution in [0.25, 0.3) is 6.08 Å². The van der Waals surface area contributed by atoms with Gasteiger partial charge in [-0.3, -0.25) is 29.9 Å². The predicted octanol–water partition coefficient (Wildman–Crippen LogP) is 5.95. The number of imide groups is 2. The van der Waals surface area contributed by atoms with Gasteiger partial charge in [-0.15, -0.1) is 0 Å². The fraction of sp³-hybridized carbons (Fsp3) is 0.306. The van der Waals surface area contributed by atoms with Gasteiger partial charge in [0.05, 0.1) is 48.0 Å². The van der Waals surface area contributed by atoms with E-state index < -0.39 is 75.4 Å². The predicted molar refractivity (Wildman–Crippen MR) is 181 cm³/mol. The number of anilines is 1. The van der Waals surface area contributed by atoms with Crippen LogP contribution in [0.15, 0.2) is 66.4 Å². The van der Waals surface area contributed by atoms with Gasteiger partial charge < -0.3 is 14.6 Å². The largest absolute Gasteiger partial charge is 0.502 e. The second kappa shape index (κ2) is 12.8. The van der Waals surface area contributed by atoms with Gasteiger partial charge in [0.15, 0.2) is 17.3 Å². The van der Waals surface area contributed by atoms with E-state index in [0.29, 0.717) is 39.0 Å². The molecule has 4 aliphatic rings. The van der Waals surface area contributed by atoms with E-state index in [1.54, 1.807) is 48.6 Å². The lowest BCUT2D eigenvalue weighted by atomic mass is 9.50. The lowest BCUT2D eigenvalue weighted by Crippen LogP contribution is -2.54. The number of alkyl halides is 3. The summed E-state index contributed by atoms with van der Waals surface area (Å²) in [5.74, 6) is -6.98. The Bertz CT molecular complexity index is 2070. The number of rotatable bonds is 7. The first-order valence-electron chi connectivity index (χ1n) is 16.0. The number of allylic oxidation sites excluding steroid dienone is 3. The number of aromatic nitrogens is 1. The maximum absolute atomic E-state index is 15.1. The SMILES string of the molecule is COc1cc(C=C[C@H]2C3=CC[C@@H]4C(=O)NC(=O)[C@@H]4[C@@H]3C[C@H]3C(=O)N(Nc4ncc(C(F)(F)F)cc4Cl)C(=O)[C@@]23c2ccc(Cl)cc2)cc(OC)c1O. The Morgan fingerprint density at radius 3 is 2.31 bits per heavy atom. The Balaban J connectivity index is 1.42. The summed E-state index contributed by atoms with van der Waals surface area (Å²) in [5, 5.41) is 13.5. The highest BCUT2D eigenvalue weighted by atomic mass is 35.5. The Morgan fingerprint density at radius 1 is 1.02 bits per heavy atom. The fourth-order valence-corrected chi connectivity index (χ4v) is 8.49. The maximum Gasteiger partial charge on any atom is 0.417 e. The molecule has 6 atom stereocenters. The minimum Gasteiger partial charge on any atom is -0.502 e. The fourth-order valence-electron chi connectivity index (χ4n) is 8.16. The van der Waals surface area contributed by atoms with Crippen LogP contribution in [-0.4, -0.2) is 52.9 Å². The zero-order chi connectivity index (χ0) is 37.3. The molecule has 3 aromatic rings. The van der Waals surface area contributed by atoms with Crippen molar-refractivity contribution in [3.63, 3.8) is 0 Å².